The van der Waals surface area contributed by atoms with Gasteiger partial charge in [0.2, 0.25) is 0 Å². The second-order valence-corrected chi connectivity index (χ2v) is 17.0. The van der Waals surface area contributed by atoms with Crippen LogP contribution in [0.15, 0.2) is 0 Å². The third-order valence-electron chi connectivity index (χ3n) is 11.7. The average molecular weight is 905 g/mol. The van der Waals surface area contributed by atoms with Gasteiger partial charge in [-0.15, -0.1) is 0 Å². The predicted molar refractivity (Wildman–Crippen MR) is 256 cm³/mol. The number of hydrogen-bond acceptors (Lipinski definition) is 17. The Morgan fingerprint density at radius 2 is 0.444 bits per heavy atom. The molecule has 0 unspecified atom stereocenters. The quantitative estimate of drug-likeness (QED) is 0.0533. The fourth-order valence-corrected chi connectivity index (χ4v) is 7.76. The van der Waals surface area contributed by atoms with Crippen molar-refractivity contribution in [3.8, 4) is 0 Å². The lowest BCUT2D eigenvalue weighted by Crippen LogP contribution is -2.46. The summed E-state index contributed by atoms with van der Waals surface area (Å²) < 4.78 is 0. The zero-order valence-corrected chi connectivity index (χ0v) is 40.1. The van der Waals surface area contributed by atoms with Gasteiger partial charge in [-0.05, 0) is 123 Å². The van der Waals surface area contributed by atoms with E-state index in [1.165, 1.54) is 169 Å². The van der Waals surface area contributed by atoms with Crippen LogP contribution in [0.1, 0.15) is 96.3 Å². The summed E-state index contributed by atoms with van der Waals surface area (Å²) in [7, 11) is 0. The van der Waals surface area contributed by atoms with Crippen molar-refractivity contribution in [2.24, 2.45) is 0 Å². The molecule has 63 heavy (non-hydrogen) atoms. The molecule has 0 atom stereocenters. The van der Waals surface area contributed by atoms with Crippen molar-refractivity contribution in [1.82, 2.24) is 51.1 Å². The molecule has 0 radical (unpaired) electrons. The van der Waals surface area contributed by atoms with Crippen molar-refractivity contribution >= 4 is 6.15 Å². The molecule has 0 aromatic rings. The molecule has 0 aromatic carbocycles. The minimum absolute atomic E-state index is 0.250. The van der Waals surface area contributed by atoms with E-state index in [2.05, 4.69) is 51.1 Å². The number of hydrogen-bond donors (Lipinski definition) is 10. The third kappa shape index (κ3) is 44.4. The number of carbonyl (C=O) groups excluding carboxylic acids is 2. The van der Waals surface area contributed by atoms with Crippen LogP contribution >= 0.6 is 0 Å². The number of rotatable bonds is 25. The fourth-order valence-electron chi connectivity index (χ4n) is 7.76. The van der Waals surface area contributed by atoms with Gasteiger partial charge in [-0.3, -0.25) is 0 Å². The van der Waals surface area contributed by atoms with E-state index < -0.39 is 0 Å². The van der Waals surface area contributed by atoms with E-state index in [0.717, 1.165) is 90.6 Å². The number of nitrogens with zero attached hydrogens (tertiary/aromatic N) is 5. The van der Waals surface area contributed by atoms with Gasteiger partial charge < -0.3 is 76.6 Å². The Morgan fingerprint density at radius 1 is 0.270 bits per heavy atom. The highest BCUT2D eigenvalue weighted by Gasteiger charge is 2.16. The lowest BCUT2D eigenvalue weighted by atomic mass is 10.2. The molecule has 5 rings (SSSR count). The van der Waals surface area contributed by atoms with Crippen molar-refractivity contribution in [2.45, 2.75) is 96.3 Å². The SMILES string of the molecule is C(CCN1CCNCC1)CCN1CCNCC1.C1CNCCN1.O=C=O.OCCCCCN1CCN(CCCCCO)CC1.OCCCCCN1CCNCC1.OCCCCCO. The van der Waals surface area contributed by atoms with Gasteiger partial charge in [0.25, 0.3) is 0 Å². The van der Waals surface area contributed by atoms with Crippen LogP contribution in [0, 0.1) is 0 Å². The summed E-state index contributed by atoms with van der Waals surface area (Å²) >= 11 is 0. The Morgan fingerprint density at radius 3 is 0.651 bits per heavy atom. The smallest absolute Gasteiger partial charge is 0.373 e. The molecule has 0 aliphatic carbocycles. The van der Waals surface area contributed by atoms with E-state index in [9.17, 15) is 0 Å². The third-order valence-corrected chi connectivity index (χ3v) is 11.7. The van der Waals surface area contributed by atoms with E-state index in [1.54, 1.807) is 0 Å². The monoisotopic (exact) mass is 905 g/mol. The summed E-state index contributed by atoms with van der Waals surface area (Å²) in [4.78, 5) is 29.0. The molecule has 0 aromatic heterocycles. The first-order valence-corrected chi connectivity index (χ1v) is 25.3. The molecule has 5 heterocycles. The average Bonchev–Trinajstić information content (AvgIpc) is 3.34. The maximum Gasteiger partial charge on any atom is 0.373 e. The molecule has 17 nitrogen and oxygen atoms in total. The fraction of sp³-hybridized carbons (Fsp3) is 0.978. The van der Waals surface area contributed by atoms with Crippen LogP contribution in [0.2, 0.25) is 0 Å². The van der Waals surface area contributed by atoms with E-state index in [-0.39, 0.29) is 19.4 Å². The zero-order chi connectivity index (χ0) is 45.9. The van der Waals surface area contributed by atoms with Gasteiger partial charge in [-0.25, -0.2) is 0 Å². The first-order valence-electron chi connectivity index (χ1n) is 25.3. The molecule has 5 aliphatic heterocycles. The standard InChI is InChI=1S/C14H30N2O2.C13H28N4.C9H20N2O.C5H12O2.C4H10N2.CO2/c17-13-5-1-3-7-15-9-11-16(12-10-15)8-4-2-6-14-18;1(2-8-16-10-4-14-5-11-16)3-9-17-12-6-15-7-13-17;12-9-3-1-2-6-11-7-4-10-5-8-11;6-4-2-1-3-5-7;1-2-6-4-3-5-1;2-1-3/h17-18H,1-14H2;14-15H,1-13H2;10,12H,1-9H2;6-7H,1-5H2;5-6H,1-4H2;. The molecule has 5 saturated heterocycles. The number of aliphatic hydroxyl groups is 5. The van der Waals surface area contributed by atoms with Crippen LogP contribution in [-0.4, -0.2) is 253 Å². The van der Waals surface area contributed by atoms with Crippen LogP contribution < -0.4 is 26.6 Å². The normalized spacial score (nSPS) is 18.9. The lowest BCUT2D eigenvalue weighted by molar-refractivity contribution is -0.191. The van der Waals surface area contributed by atoms with Crippen LogP contribution in [-0.2, 0) is 9.59 Å². The second-order valence-electron chi connectivity index (χ2n) is 17.0. The van der Waals surface area contributed by atoms with Crippen molar-refractivity contribution in [3.63, 3.8) is 0 Å². The van der Waals surface area contributed by atoms with Gasteiger partial charge >= 0.3 is 6.15 Å². The molecule has 5 aliphatic rings. The highest BCUT2D eigenvalue weighted by atomic mass is 16.3. The van der Waals surface area contributed by atoms with Crippen LogP contribution in [0.3, 0.4) is 0 Å². The molecule has 10 N–H and O–H groups in total. The largest absolute Gasteiger partial charge is 0.396 e. The molecule has 0 saturated carbocycles. The summed E-state index contributed by atoms with van der Waals surface area (Å²) in [6.07, 6.45) is 17.0. The molecular weight excluding hydrogens is 805 g/mol. The molecule has 5 fully saturated rings. The number of piperazine rings is 5. The van der Waals surface area contributed by atoms with Gasteiger partial charge in [0.15, 0.2) is 0 Å². The Bertz CT molecular complexity index is 847. The summed E-state index contributed by atoms with van der Waals surface area (Å²) in [5, 5.41) is 59.0. The zero-order valence-electron chi connectivity index (χ0n) is 40.1. The van der Waals surface area contributed by atoms with Crippen LogP contribution in [0.5, 0.6) is 0 Å². The maximum absolute atomic E-state index is 8.72. The first kappa shape index (κ1) is 61.8. The summed E-state index contributed by atoms with van der Waals surface area (Å²) in [5.74, 6) is 0. The van der Waals surface area contributed by atoms with Crippen molar-refractivity contribution in [1.29, 1.82) is 0 Å². The first-order chi connectivity index (χ1) is 31.1. The lowest BCUT2D eigenvalue weighted by Gasteiger charge is -2.34. The van der Waals surface area contributed by atoms with Crippen LogP contribution in [0.4, 0.5) is 0 Å². The molecular formula is C46H100N10O7. The molecule has 0 amide bonds. The minimum atomic E-state index is 0.250. The topological polar surface area (TPSA) is 212 Å². The van der Waals surface area contributed by atoms with E-state index in [4.69, 9.17) is 35.1 Å². The van der Waals surface area contributed by atoms with Gasteiger partial charge in [-0.2, -0.15) is 9.59 Å². The Labute approximate surface area is 384 Å². The van der Waals surface area contributed by atoms with Gasteiger partial charge in [0.05, 0.1) is 0 Å². The van der Waals surface area contributed by atoms with Gasteiger partial charge in [-0.1, -0.05) is 6.42 Å². The predicted octanol–water partition coefficient (Wildman–Crippen LogP) is -0.313. The number of unbranched alkanes of at least 4 members (excludes halogenated alkanes) is 10. The van der Waals surface area contributed by atoms with Gasteiger partial charge in [0, 0.05) is 164 Å². The van der Waals surface area contributed by atoms with Crippen molar-refractivity contribution < 1.29 is 35.1 Å². The van der Waals surface area contributed by atoms with E-state index >= 15 is 0 Å². The molecule has 17 heteroatoms. The van der Waals surface area contributed by atoms with E-state index in [0.29, 0.717) is 19.8 Å². The van der Waals surface area contributed by atoms with Crippen molar-refractivity contribution in [3.05, 3.63) is 0 Å². The Balaban J connectivity index is 0.000000789. The van der Waals surface area contributed by atoms with Gasteiger partial charge in [0.1, 0.15) is 0 Å². The Kier molecular flexibility index (Phi) is 50.8. The highest BCUT2D eigenvalue weighted by Crippen LogP contribution is 2.07. The highest BCUT2D eigenvalue weighted by molar-refractivity contribution is 5.20. The second kappa shape index (κ2) is 51.8. The molecule has 0 bridgehead atoms. The number of nitrogens with one attached hydrogen (secondary N) is 5. The minimum Gasteiger partial charge on any atom is -0.396 e. The summed E-state index contributed by atoms with van der Waals surface area (Å²) in [6, 6.07) is 0. The Hall–Kier alpha value is -1.22. The number of aliphatic hydroxyl groups excluding tert-OH is 5. The van der Waals surface area contributed by atoms with Crippen LogP contribution in [0.25, 0.3) is 0 Å². The molecule has 0 spiro atoms. The van der Waals surface area contributed by atoms with E-state index in [1.807, 2.05) is 0 Å². The van der Waals surface area contributed by atoms with Crippen molar-refractivity contribution in [2.75, 3.05) is 197 Å². The summed E-state index contributed by atoms with van der Waals surface area (Å²) in [5.41, 5.74) is 0. The maximum atomic E-state index is 8.72. The molecule has 376 valence electrons. The summed E-state index contributed by atoms with van der Waals surface area (Å²) in [6.45, 7) is 31.4.